The van der Waals surface area contributed by atoms with E-state index in [1.165, 1.54) is 11.8 Å². The number of thiophene rings is 1. The average Bonchev–Trinajstić information content (AvgIpc) is 3.31. The molecule has 0 bridgehead atoms. The molecule has 3 aromatic rings. The lowest BCUT2D eigenvalue weighted by molar-refractivity contribution is -0.126. The maximum absolute atomic E-state index is 12.6. The van der Waals surface area contributed by atoms with Gasteiger partial charge in [-0.2, -0.15) is 0 Å². The Bertz CT molecular complexity index is 1230. The fourth-order valence-electron chi connectivity index (χ4n) is 3.62. The lowest BCUT2D eigenvalue weighted by Gasteiger charge is -2.34. The van der Waals surface area contributed by atoms with Crippen LogP contribution in [0.3, 0.4) is 0 Å². The molecule has 166 valence electrons. The van der Waals surface area contributed by atoms with Crippen LogP contribution in [-0.2, 0) is 9.59 Å². The van der Waals surface area contributed by atoms with Crippen LogP contribution in [0, 0.1) is 0 Å². The van der Waals surface area contributed by atoms with Gasteiger partial charge < -0.3 is 15.1 Å². The third-order valence-corrected chi connectivity index (χ3v) is 7.33. The Labute approximate surface area is 199 Å². The molecule has 0 unspecified atom stereocenters. The predicted molar refractivity (Wildman–Crippen MR) is 133 cm³/mol. The van der Waals surface area contributed by atoms with Gasteiger partial charge in [-0.05, 0) is 47.4 Å². The number of amides is 2. The topological polar surface area (TPSA) is 78.4 Å². The second-order valence-electron chi connectivity index (χ2n) is 7.54. The maximum atomic E-state index is 12.6. The third-order valence-electron chi connectivity index (χ3n) is 5.34. The van der Waals surface area contributed by atoms with E-state index in [0.717, 1.165) is 21.0 Å². The summed E-state index contributed by atoms with van der Waals surface area (Å²) in [6.45, 7) is 2.69. The van der Waals surface area contributed by atoms with Gasteiger partial charge in [0.2, 0.25) is 11.9 Å². The van der Waals surface area contributed by atoms with Gasteiger partial charge in [-0.15, -0.1) is 11.3 Å². The highest BCUT2D eigenvalue weighted by molar-refractivity contribution is 8.04. The number of fused-ring (bicyclic) bond motifs is 1. The normalized spacial score (nSPS) is 17.3. The molecule has 0 radical (unpaired) electrons. The number of anilines is 2. The number of rotatable bonds is 4. The minimum atomic E-state index is -0.0978. The van der Waals surface area contributed by atoms with Crippen LogP contribution >= 0.6 is 23.1 Å². The van der Waals surface area contributed by atoms with Crippen molar-refractivity contribution in [1.29, 1.82) is 0 Å². The van der Waals surface area contributed by atoms with Gasteiger partial charge in [-0.25, -0.2) is 9.97 Å². The maximum Gasteiger partial charge on any atom is 0.262 e. The van der Waals surface area contributed by atoms with Crippen molar-refractivity contribution in [3.63, 3.8) is 0 Å². The minimum Gasteiger partial charge on any atom is -0.337 e. The SMILES string of the molecule is O=C1Nc2ccccc2S/C1=C/c1cc(/C=C/C(=O)N2CCN(c3ncccn3)CC2)cs1. The third kappa shape index (κ3) is 4.99. The molecule has 0 spiro atoms. The van der Waals surface area contributed by atoms with Crippen LogP contribution in [-0.4, -0.2) is 52.9 Å². The first-order valence-corrected chi connectivity index (χ1v) is 12.2. The standard InChI is InChI=1S/C24H21N5O2S2/c30-22(28-10-12-29(13-11-28)24-25-8-3-9-26-24)7-6-17-14-18(32-16-17)15-21-23(31)27-19-4-1-2-5-20(19)33-21/h1-9,14-16H,10-13H2,(H,27,31)/b7-6+,21-15+. The van der Waals surface area contributed by atoms with Crippen molar-refractivity contribution in [3.05, 3.63) is 75.6 Å². The molecule has 0 atom stereocenters. The van der Waals surface area contributed by atoms with Crippen molar-refractivity contribution in [2.24, 2.45) is 0 Å². The smallest absolute Gasteiger partial charge is 0.262 e. The van der Waals surface area contributed by atoms with Crippen LogP contribution in [0.2, 0.25) is 0 Å². The molecular formula is C24H21N5O2S2. The zero-order chi connectivity index (χ0) is 22.6. The number of carbonyl (C=O) groups excluding carboxylic acids is 2. The fraction of sp³-hybridized carbons (Fsp3) is 0.167. The lowest BCUT2D eigenvalue weighted by Crippen LogP contribution is -2.48. The van der Waals surface area contributed by atoms with Crippen LogP contribution in [0.5, 0.6) is 0 Å². The number of benzene rings is 1. The van der Waals surface area contributed by atoms with E-state index in [9.17, 15) is 9.59 Å². The van der Waals surface area contributed by atoms with Crippen molar-refractivity contribution in [2.75, 3.05) is 36.4 Å². The number of hydrogen-bond donors (Lipinski definition) is 1. The Morgan fingerprint density at radius 1 is 1.06 bits per heavy atom. The van der Waals surface area contributed by atoms with Gasteiger partial charge in [0.05, 0.1) is 10.6 Å². The second kappa shape index (κ2) is 9.60. The molecule has 0 aliphatic carbocycles. The highest BCUT2D eigenvalue weighted by Gasteiger charge is 2.22. The monoisotopic (exact) mass is 475 g/mol. The van der Waals surface area contributed by atoms with Crippen LogP contribution in [0.15, 0.2) is 70.0 Å². The Kier molecular flexibility index (Phi) is 6.23. The number of aromatic nitrogens is 2. The van der Waals surface area contributed by atoms with E-state index in [1.54, 1.807) is 35.9 Å². The van der Waals surface area contributed by atoms with E-state index in [2.05, 4.69) is 20.2 Å². The molecule has 1 fully saturated rings. The number of thioether (sulfide) groups is 1. The molecular weight excluding hydrogens is 454 g/mol. The van der Waals surface area contributed by atoms with Gasteiger partial charge in [0.15, 0.2) is 0 Å². The largest absolute Gasteiger partial charge is 0.337 e. The molecule has 2 aliphatic rings. The van der Waals surface area contributed by atoms with E-state index in [1.807, 2.05) is 52.8 Å². The Morgan fingerprint density at radius 3 is 2.67 bits per heavy atom. The molecule has 7 nitrogen and oxygen atoms in total. The van der Waals surface area contributed by atoms with Crippen molar-refractivity contribution in [1.82, 2.24) is 14.9 Å². The van der Waals surface area contributed by atoms with Gasteiger partial charge in [-0.3, -0.25) is 9.59 Å². The van der Waals surface area contributed by atoms with E-state index >= 15 is 0 Å². The zero-order valence-corrected chi connectivity index (χ0v) is 19.3. The predicted octanol–water partition coefficient (Wildman–Crippen LogP) is 3.99. The molecule has 4 heterocycles. The van der Waals surface area contributed by atoms with Crippen molar-refractivity contribution < 1.29 is 9.59 Å². The molecule has 5 rings (SSSR count). The Balaban J connectivity index is 1.19. The molecule has 1 N–H and O–H groups in total. The lowest BCUT2D eigenvalue weighted by atomic mass is 10.2. The Morgan fingerprint density at radius 2 is 1.85 bits per heavy atom. The van der Waals surface area contributed by atoms with Gasteiger partial charge in [-0.1, -0.05) is 23.9 Å². The van der Waals surface area contributed by atoms with Crippen LogP contribution in [0.4, 0.5) is 11.6 Å². The summed E-state index contributed by atoms with van der Waals surface area (Å²) in [5.41, 5.74) is 1.79. The van der Waals surface area contributed by atoms with Gasteiger partial charge in [0, 0.05) is 54.4 Å². The first-order valence-electron chi connectivity index (χ1n) is 10.5. The molecule has 1 saturated heterocycles. The molecule has 33 heavy (non-hydrogen) atoms. The van der Waals surface area contributed by atoms with Crippen LogP contribution in [0.1, 0.15) is 10.4 Å². The van der Waals surface area contributed by atoms with E-state index in [4.69, 9.17) is 0 Å². The molecule has 0 saturated carbocycles. The second-order valence-corrected chi connectivity index (χ2v) is 9.56. The van der Waals surface area contributed by atoms with Gasteiger partial charge in [0.25, 0.3) is 5.91 Å². The minimum absolute atomic E-state index is 0.00597. The molecule has 1 aromatic carbocycles. The van der Waals surface area contributed by atoms with Crippen LogP contribution < -0.4 is 10.2 Å². The van der Waals surface area contributed by atoms with E-state index < -0.39 is 0 Å². The number of hydrogen-bond acceptors (Lipinski definition) is 7. The molecule has 9 heteroatoms. The summed E-state index contributed by atoms with van der Waals surface area (Å²) in [5.74, 6) is 0.598. The summed E-state index contributed by atoms with van der Waals surface area (Å²) >= 11 is 3.01. The number of para-hydroxylation sites is 1. The number of nitrogens with zero attached hydrogens (tertiary/aromatic N) is 4. The summed E-state index contributed by atoms with van der Waals surface area (Å²) in [6, 6.07) is 11.5. The van der Waals surface area contributed by atoms with Gasteiger partial charge in [0.1, 0.15) is 0 Å². The Hall–Kier alpha value is -3.43. The molecule has 2 aliphatic heterocycles. The molecule has 2 amide bonds. The summed E-state index contributed by atoms with van der Waals surface area (Å²) in [7, 11) is 0. The van der Waals surface area contributed by atoms with Crippen molar-refractivity contribution >= 4 is 58.7 Å². The first kappa shape index (κ1) is 21.4. The summed E-state index contributed by atoms with van der Waals surface area (Å²) in [5, 5.41) is 4.91. The van der Waals surface area contributed by atoms with E-state index in [-0.39, 0.29) is 11.8 Å². The summed E-state index contributed by atoms with van der Waals surface area (Å²) in [4.78, 5) is 40.2. The highest BCUT2D eigenvalue weighted by Crippen LogP contribution is 2.39. The summed E-state index contributed by atoms with van der Waals surface area (Å²) in [6.07, 6.45) is 8.80. The fourth-order valence-corrected chi connectivity index (χ4v) is 5.44. The van der Waals surface area contributed by atoms with Gasteiger partial charge >= 0.3 is 0 Å². The number of carbonyl (C=O) groups is 2. The first-order chi connectivity index (χ1) is 16.2. The average molecular weight is 476 g/mol. The number of piperazine rings is 1. The number of nitrogens with one attached hydrogen (secondary N) is 1. The summed E-state index contributed by atoms with van der Waals surface area (Å²) < 4.78 is 0. The molecule has 2 aromatic heterocycles. The quantitative estimate of drug-likeness (QED) is 0.575. The van der Waals surface area contributed by atoms with Crippen molar-refractivity contribution in [2.45, 2.75) is 4.90 Å². The van der Waals surface area contributed by atoms with E-state index in [0.29, 0.717) is 37.0 Å². The zero-order valence-electron chi connectivity index (χ0n) is 17.7. The highest BCUT2D eigenvalue weighted by atomic mass is 32.2. The van der Waals surface area contributed by atoms with Crippen molar-refractivity contribution in [3.8, 4) is 0 Å². The van der Waals surface area contributed by atoms with Crippen LogP contribution in [0.25, 0.3) is 12.2 Å².